The van der Waals surface area contributed by atoms with Gasteiger partial charge >= 0.3 is 0 Å². The molecule has 0 aliphatic heterocycles. The lowest BCUT2D eigenvalue weighted by atomic mass is 10.1. The van der Waals surface area contributed by atoms with Gasteiger partial charge in [0, 0.05) is 18.5 Å². The zero-order valence-corrected chi connectivity index (χ0v) is 21.6. The van der Waals surface area contributed by atoms with Crippen molar-refractivity contribution in [2.24, 2.45) is 7.05 Å². The van der Waals surface area contributed by atoms with Crippen molar-refractivity contribution in [3.05, 3.63) is 76.1 Å². The van der Waals surface area contributed by atoms with Gasteiger partial charge in [-0.2, -0.15) is 0 Å². The molecule has 0 spiro atoms. The molecule has 0 fully saturated rings. The van der Waals surface area contributed by atoms with Crippen LogP contribution in [-0.4, -0.2) is 17.8 Å². The number of fused-ring (bicyclic) bond motifs is 1. The third-order valence-corrected chi connectivity index (χ3v) is 5.99. The third kappa shape index (κ3) is 7.64. The number of aromatic nitrogens is 1. The van der Waals surface area contributed by atoms with Gasteiger partial charge in [0.1, 0.15) is 19.0 Å². The summed E-state index contributed by atoms with van der Waals surface area (Å²) in [6, 6.07) is 15.8. The second-order valence-corrected chi connectivity index (χ2v) is 9.18. The Morgan fingerprint density at radius 1 is 0.886 bits per heavy atom. The minimum atomic E-state index is -0.198. The zero-order chi connectivity index (χ0) is 25.0. The van der Waals surface area contributed by atoms with Crippen LogP contribution < -0.4 is 19.8 Å². The van der Waals surface area contributed by atoms with Gasteiger partial charge in [-0.25, -0.2) is 0 Å². The van der Waals surface area contributed by atoms with E-state index in [2.05, 4.69) is 6.92 Å². The first-order valence-electron chi connectivity index (χ1n) is 12.7. The molecule has 0 radical (unpaired) electrons. The molecule has 0 saturated carbocycles. The maximum Gasteiger partial charge on any atom is 0.297 e. The van der Waals surface area contributed by atoms with Gasteiger partial charge in [-0.3, -0.25) is 4.79 Å². The van der Waals surface area contributed by atoms with Gasteiger partial charge in [-0.05, 0) is 44.0 Å². The summed E-state index contributed by atoms with van der Waals surface area (Å²) < 4.78 is 19.8. The lowest BCUT2D eigenvalue weighted by Gasteiger charge is -2.17. The van der Waals surface area contributed by atoms with E-state index < -0.39 is 0 Å². The number of hydrogen-bond donors (Lipinski definition) is 0. The van der Waals surface area contributed by atoms with Crippen LogP contribution in [0.15, 0.2) is 65.0 Å². The highest BCUT2D eigenvalue weighted by Crippen LogP contribution is 2.35. The first-order chi connectivity index (χ1) is 17.0. The van der Waals surface area contributed by atoms with E-state index >= 15 is 0 Å². The van der Waals surface area contributed by atoms with Crippen LogP contribution in [0.5, 0.6) is 17.2 Å². The minimum Gasteiger partial charge on any atom is -0.489 e. The van der Waals surface area contributed by atoms with Crippen LogP contribution in [-0.2, 0) is 13.7 Å². The molecule has 0 aliphatic carbocycles. The Kier molecular flexibility index (Phi) is 10.3. The van der Waals surface area contributed by atoms with Crippen LogP contribution in [0.2, 0.25) is 0 Å². The van der Waals surface area contributed by atoms with E-state index in [0.29, 0.717) is 31.3 Å². The van der Waals surface area contributed by atoms with Gasteiger partial charge < -0.3 is 18.8 Å². The fraction of sp³-hybridized carbons (Fsp3) is 0.433. The van der Waals surface area contributed by atoms with Gasteiger partial charge in [0.25, 0.3) is 5.56 Å². The molecule has 0 bridgehead atoms. The summed E-state index contributed by atoms with van der Waals surface area (Å²) in [5.74, 6) is 1.49. The summed E-state index contributed by atoms with van der Waals surface area (Å²) in [6.07, 6.45) is 8.97. The average Bonchev–Trinajstić information content (AvgIpc) is 2.86. The molecule has 0 amide bonds. The molecule has 0 saturated heterocycles. The predicted octanol–water partition coefficient (Wildman–Crippen LogP) is 7.20. The smallest absolute Gasteiger partial charge is 0.297 e. The van der Waals surface area contributed by atoms with E-state index in [9.17, 15) is 4.79 Å². The number of nitrogens with zero attached hydrogens (tertiary/aromatic N) is 1. The van der Waals surface area contributed by atoms with Gasteiger partial charge in [-0.15, -0.1) is 0 Å². The van der Waals surface area contributed by atoms with Crippen LogP contribution >= 0.6 is 0 Å². The monoisotopic (exact) mass is 477 g/mol. The van der Waals surface area contributed by atoms with E-state index in [1.807, 2.05) is 68.5 Å². The maximum atomic E-state index is 13.3. The van der Waals surface area contributed by atoms with Gasteiger partial charge in [0.2, 0.25) is 5.75 Å². The molecule has 0 aliphatic rings. The van der Waals surface area contributed by atoms with E-state index in [1.54, 1.807) is 11.6 Å². The predicted molar refractivity (Wildman–Crippen MR) is 144 cm³/mol. The van der Waals surface area contributed by atoms with E-state index in [4.69, 9.17) is 14.2 Å². The molecule has 1 aromatic heterocycles. The van der Waals surface area contributed by atoms with Crippen molar-refractivity contribution in [2.75, 3.05) is 13.2 Å². The SMILES string of the molecule is CCCCCCCCOc1c(OCC=C(C)C)c2ccc(OCc3ccccc3)cc2n(C)c1=O. The van der Waals surface area contributed by atoms with Crippen molar-refractivity contribution in [3.63, 3.8) is 0 Å². The third-order valence-electron chi connectivity index (χ3n) is 5.99. The number of rotatable bonds is 14. The Balaban J connectivity index is 1.84. The number of pyridine rings is 1. The molecule has 188 valence electrons. The second-order valence-electron chi connectivity index (χ2n) is 9.18. The normalized spacial score (nSPS) is 10.9. The van der Waals surface area contributed by atoms with Gasteiger partial charge in [0.05, 0.1) is 12.1 Å². The molecule has 0 atom stereocenters. The van der Waals surface area contributed by atoms with Crippen LogP contribution in [0.1, 0.15) is 64.9 Å². The molecule has 0 N–H and O–H groups in total. The highest BCUT2D eigenvalue weighted by Gasteiger charge is 2.19. The minimum absolute atomic E-state index is 0.198. The molecular weight excluding hydrogens is 438 g/mol. The summed E-state index contributed by atoms with van der Waals surface area (Å²) >= 11 is 0. The molecule has 3 aromatic rings. The maximum absolute atomic E-state index is 13.3. The Labute approximate surface area is 209 Å². The van der Waals surface area contributed by atoms with Crippen molar-refractivity contribution < 1.29 is 14.2 Å². The molecule has 3 rings (SSSR count). The van der Waals surface area contributed by atoms with Crippen molar-refractivity contribution in [3.8, 4) is 17.2 Å². The Hall–Kier alpha value is -3.21. The highest BCUT2D eigenvalue weighted by molar-refractivity contribution is 5.89. The Bertz CT molecular complexity index is 1160. The number of ether oxygens (including phenoxy) is 3. The van der Waals surface area contributed by atoms with Crippen LogP contribution in [0, 0.1) is 0 Å². The lowest BCUT2D eigenvalue weighted by Crippen LogP contribution is -2.21. The average molecular weight is 478 g/mol. The summed E-state index contributed by atoms with van der Waals surface area (Å²) in [5.41, 5.74) is 2.80. The lowest BCUT2D eigenvalue weighted by molar-refractivity contribution is 0.272. The van der Waals surface area contributed by atoms with Crippen LogP contribution in [0.4, 0.5) is 0 Å². The molecule has 1 heterocycles. The van der Waals surface area contributed by atoms with Gasteiger partial charge in [-0.1, -0.05) is 74.9 Å². The first-order valence-corrected chi connectivity index (χ1v) is 12.7. The topological polar surface area (TPSA) is 49.7 Å². The molecule has 2 aromatic carbocycles. The van der Waals surface area contributed by atoms with E-state index in [1.165, 1.54) is 25.7 Å². The molecular formula is C30H39NO4. The Morgan fingerprint density at radius 3 is 2.37 bits per heavy atom. The number of benzene rings is 2. The number of hydrogen-bond acceptors (Lipinski definition) is 4. The fourth-order valence-electron chi connectivity index (χ4n) is 3.91. The molecule has 5 nitrogen and oxygen atoms in total. The first kappa shape index (κ1) is 26.4. The van der Waals surface area contributed by atoms with Crippen LogP contribution in [0.25, 0.3) is 10.9 Å². The number of unbranched alkanes of at least 4 members (excludes halogenated alkanes) is 5. The summed E-state index contributed by atoms with van der Waals surface area (Å²) in [4.78, 5) is 13.3. The van der Waals surface area contributed by atoms with Crippen molar-refractivity contribution in [1.82, 2.24) is 4.57 Å². The largest absolute Gasteiger partial charge is 0.489 e. The molecule has 0 unspecified atom stereocenters. The number of aryl methyl sites for hydroxylation is 1. The molecule has 5 heteroatoms. The Morgan fingerprint density at radius 2 is 1.63 bits per heavy atom. The zero-order valence-electron chi connectivity index (χ0n) is 21.6. The van der Waals surface area contributed by atoms with Crippen molar-refractivity contribution in [1.29, 1.82) is 0 Å². The summed E-state index contributed by atoms with van der Waals surface area (Å²) in [5, 5.41) is 0.833. The van der Waals surface area contributed by atoms with Gasteiger partial charge in [0.15, 0.2) is 5.75 Å². The van der Waals surface area contributed by atoms with Crippen molar-refractivity contribution in [2.45, 2.75) is 65.9 Å². The summed E-state index contributed by atoms with van der Waals surface area (Å²) in [7, 11) is 1.77. The number of allylic oxidation sites excluding steroid dienone is 1. The van der Waals surface area contributed by atoms with Crippen molar-refractivity contribution >= 4 is 10.9 Å². The van der Waals surface area contributed by atoms with E-state index in [-0.39, 0.29) is 11.3 Å². The summed E-state index contributed by atoms with van der Waals surface area (Å²) in [6.45, 7) is 7.61. The standard InChI is InChI=1S/C30H39NO4/c1-5-6-7-8-9-13-19-33-29-28(34-20-18-23(2)3)26-17-16-25(21-27(26)31(4)30(29)32)35-22-24-14-11-10-12-15-24/h10-12,14-18,21H,5-9,13,19-20,22H2,1-4H3. The van der Waals surface area contributed by atoms with Crippen LogP contribution in [0.3, 0.4) is 0 Å². The fourth-order valence-corrected chi connectivity index (χ4v) is 3.91. The second kappa shape index (κ2) is 13.6. The highest BCUT2D eigenvalue weighted by atomic mass is 16.5. The quantitative estimate of drug-likeness (QED) is 0.182. The molecule has 35 heavy (non-hydrogen) atoms. The van der Waals surface area contributed by atoms with E-state index in [0.717, 1.165) is 34.9 Å².